The van der Waals surface area contributed by atoms with Crippen molar-refractivity contribution in [2.75, 3.05) is 19.6 Å². The minimum absolute atomic E-state index is 0.000966. The van der Waals surface area contributed by atoms with Crippen molar-refractivity contribution in [1.82, 2.24) is 36.6 Å². The van der Waals surface area contributed by atoms with Crippen molar-refractivity contribution in [3.63, 3.8) is 0 Å². The Morgan fingerprint density at radius 2 is 0.859 bits per heavy atom. The number of fused-ring (bicyclic) bond motifs is 2. The number of primary amides is 1. The van der Waals surface area contributed by atoms with Crippen LogP contribution < -0.4 is 72.5 Å². The molecule has 0 spiro atoms. The van der Waals surface area contributed by atoms with Gasteiger partial charge >= 0.3 is 5.97 Å². The van der Waals surface area contributed by atoms with E-state index < -0.39 is 84.1 Å². The van der Waals surface area contributed by atoms with E-state index in [0.717, 1.165) is 21.8 Å². The highest BCUT2D eigenvalue weighted by molar-refractivity contribution is 5.97. The molecule has 26 nitrogen and oxygen atoms in total. The fraction of sp³-hybridized carbons (Fsp3) is 0.422. The molecule has 2 aromatic carbocycles. The number of rotatable bonds is 30. The molecule has 6 amide bonds. The van der Waals surface area contributed by atoms with Crippen LogP contribution in [0.4, 0.5) is 0 Å². The van der Waals surface area contributed by atoms with E-state index in [-0.39, 0.29) is 88.9 Å². The summed E-state index contributed by atoms with van der Waals surface area (Å²) in [5, 5.41) is 24.7. The number of nitrogens with two attached hydrogens (primary N) is 8. The second-order valence-corrected chi connectivity index (χ2v) is 16.7. The van der Waals surface area contributed by atoms with Crippen molar-refractivity contribution in [2.24, 2.45) is 60.8 Å². The van der Waals surface area contributed by atoms with Gasteiger partial charge in [-0.15, -0.1) is 0 Å². The molecule has 0 aliphatic rings. The summed E-state index contributed by atoms with van der Waals surface area (Å²) < 4.78 is 0. The summed E-state index contributed by atoms with van der Waals surface area (Å²) in [4.78, 5) is 113. The van der Waals surface area contributed by atoms with Gasteiger partial charge in [-0.05, 0) is 68.2 Å². The summed E-state index contributed by atoms with van der Waals surface area (Å²) in [6.07, 6.45) is 3.10. The van der Waals surface area contributed by atoms with E-state index in [9.17, 15) is 38.7 Å². The molecule has 6 atom stereocenters. The third-order valence-electron chi connectivity index (χ3n) is 11.2. The lowest BCUT2D eigenvalue weighted by atomic mass is 10.0. The second-order valence-electron chi connectivity index (χ2n) is 16.7. The van der Waals surface area contributed by atoms with Gasteiger partial charge in [0.15, 0.2) is 17.9 Å². The number of amides is 6. The maximum Gasteiger partial charge on any atom is 0.326 e. The van der Waals surface area contributed by atoms with E-state index in [4.69, 9.17) is 45.9 Å². The fourth-order valence-corrected chi connectivity index (χ4v) is 7.57. The Morgan fingerprint density at radius 3 is 1.30 bits per heavy atom. The van der Waals surface area contributed by atoms with Crippen LogP contribution in [0, 0.1) is 0 Å². The van der Waals surface area contributed by atoms with Crippen LogP contribution in [0.5, 0.6) is 0 Å². The molecule has 0 saturated carbocycles. The van der Waals surface area contributed by atoms with Gasteiger partial charge in [0.05, 0.1) is 6.04 Å². The molecule has 4 rings (SSSR count). The highest BCUT2D eigenvalue weighted by Crippen LogP contribution is 2.21. The number of hydrogen-bond acceptors (Lipinski definition) is 11. The van der Waals surface area contributed by atoms with Gasteiger partial charge in [0, 0.05) is 73.1 Å². The smallest absolute Gasteiger partial charge is 0.326 e. The summed E-state index contributed by atoms with van der Waals surface area (Å²) in [6, 6.07) is 6.24. The van der Waals surface area contributed by atoms with Crippen LogP contribution in [0.3, 0.4) is 0 Å². The standard InChI is InChI=1S/C45H66N18O8/c46-28(10-5-17-54-43(48)49)37(65)59-31(13-6-18-55-44(50)51)38(66)62-34(20-24-22-57-29-11-3-1-8-26(24)29)40(68)60-32(15-16-36(47)64)39(67)63-35(21-25-23-58-30-12-4-2-9-27(25)30)41(69)61-33(42(70)71)14-7-19-56-45(52)53/h1-4,8-9,11-12,22-23,28,31-35,57-58H,5-7,10,13-21,46H2,(H2,47,64)(H,59,65)(H,60,68)(H,61,69)(H,62,66)(H,63,67)(H,70,71)(H4,48,49,54)(H4,50,51,55)(H4,52,53,56). The normalized spacial score (nSPS) is 13.5. The number of nitrogens with zero attached hydrogens (tertiary/aromatic N) is 3. The Kier molecular flexibility index (Phi) is 21.4. The number of nitrogens with one attached hydrogen (secondary N) is 7. The average Bonchev–Trinajstić information content (AvgIpc) is 3.93. The number of carboxylic acids is 1. The van der Waals surface area contributed by atoms with Crippen LogP contribution in [0.15, 0.2) is 75.9 Å². The molecule has 0 fully saturated rings. The molecule has 0 aliphatic heterocycles. The molecule has 24 N–H and O–H groups in total. The molecule has 6 unspecified atom stereocenters. The Labute approximate surface area is 408 Å². The highest BCUT2D eigenvalue weighted by Gasteiger charge is 2.34. The van der Waals surface area contributed by atoms with Crippen molar-refractivity contribution in [3.8, 4) is 0 Å². The SMILES string of the molecule is NC(=O)CCC(NC(=O)C(Cc1c[nH]c2ccccc12)NC(=O)C(CCCN=C(N)N)NC(=O)C(N)CCCN=C(N)N)C(=O)NC(Cc1c[nH]c2ccccc12)C(=O)NC(CCCN=C(N)N)C(=O)O. The molecule has 0 saturated heterocycles. The molecule has 2 heterocycles. The summed E-state index contributed by atoms with van der Waals surface area (Å²) in [5.74, 6) is -6.84. The van der Waals surface area contributed by atoms with Crippen molar-refractivity contribution in [1.29, 1.82) is 0 Å². The number of carbonyl (C=O) groups excluding carboxylic acids is 6. The summed E-state index contributed by atoms with van der Waals surface area (Å²) in [7, 11) is 0. The zero-order valence-corrected chi connectivity index (χ0v) is 39.2. The van der Waals surface area contributed by atoms with Gasteiger partial charge in [-0.1, -0.05) is 36.4 Å². The lowest BCUT2D eigenvalue weighted by Crippen LogP contribution is -2.60. The average molecular weight is 987 g/mol. The maximum absolute atomic E-state index is 14.6. The molecular weight excluding hydrogens is 921 g/mol. The molecule has 2 aromatic heterocycles. The third-order valence-corrected chi connectivity index (χ3v) is 11.2. The van der Waals surface area contributed by atoms with Crippen LogP contribution in [0.2, 0.25) is 0 Å². The van der Waals surface area contributed by atoms with Crippen LogP contribution in [-0.2, 0) is 46.4 Å². The number of para-hydroxylation sites is 2. The van der Waals surface area contributed by atoms with E-state index in [2.05, 4.69) is 51.5 Å². The number of aliphatic carboxylic acids is 1. The quantitative estimate of drug-likeness (QED) is 0.0138. The van der Waals surface area contributed by atoms with E-state index >= 15 is 0 Å². The second kappa shape index (κ2) is 27.5. The van der Waals surface area contributed by atoms with Crippen molar-refractivity contribution < 1.29 is 38.7 Å². The van der Waals surface area contributed by atoms with E-state index in [1.54, 1.807) is 54.9 Å². The molecule has 0 bridgehead atoms. The highest BCUT2D eigenvalue weighted by atomic mass is 16.4. The third kappa shape index (κ3) is 18.2. The lowest BCUT2D eigenvalue weighted by Gasteiger charge is -2.27. The number of aliphatic imine (C=N–C) groups is 3. The Bertz CT molecular complexity index is 2560. The topological polar surface area (TPSA) is 477 Å². The number of aromatic amines is 2. The first-order valence-corrected chi connectivity index (χ1v) is 22.9. The van der Waals surface area contributed by atoms with Crippen LogP contribution >= 0.6 is 0 Å². The first kappa shape index (κ1) is 55.2. The van der Waals surface area contributed by atoms with Crippen molar-refractivity contribution >= 4 is 81.1 Å². The number of carbonyl (C=O) groups is 7. The van der Waals surface area contributed by atoms with Gasteiger partial charge in [0.2, 0.25) is 35.4 Å². The predicted octanol–water partition coefficient (Wildman–Crippen LogP) is -3.30. The zero-order valence-electron chi connectivity index (χ0n) is 39.2. The summed E-state index contributed by atoms with van der Waals surface area (Å²) >= 11 is 0. The first-order chi connectivity index (χ1) is 33.8. The number of guanidine groups is 3. The molecule has 71 heavy (non-hydrogen) atoms. The van der Waals surface area contributed by atoms with Crippen molar-refractivity contribution in [2.45, 2.75) is 100 Å². The van der Waals surface area contributed by atoms with Crippen molar-refractivity contribution in [3.05, 3.63) is 72.1 Å². The minimum atomic E-state index is -1.54. The number of H-pyrrole nitrogens is 2. The first-order valence-electron chi connectivity index (χ1n) is 22.9. The number of hydrogen-bond donors (Lipinski definition) is 16. The molecule has 0 radical (unpaired) electrons. The van der Waals surface area contributed by atoms with E-state index in [0.29, 0.717) is 17.5 Å². The van der Waals surface area contributed by atoms with Gasteiger partial charge in [0.25, 0.3) is 0 Å². The number of carboxylic acid groups (broad SMARTS) is 1. The largest absolute Gasteiger partial charge is 0.480 e. The maximum atomic E-state index is 14.6. The monoisotopic (exact) mass is 987 g/mol. The predicted molar refractivity (Wildman–Crippen MR) is 267 cm³/mol. The van der Waals surface area contributed by atoms with Gasteiger partial charge in [-0.25, -0.2) is 4.79 Å². The molecule has 4 aromatic rings. The van der Waals surface area contributed by atoms with Crippen LogP contribution in [0.1, 0.15) is 62.5 Å². The zero-order chi connectivity index (χ0) is 52.0. The minimum Gasteiger partial charge on any atom is -0.480 e. The van der Waals surface area contributed by atoms with Crippen LogP contribution in [0.25, 0.3) is 21.8 Å². The molecule has 384 valence electrons. The van der Waals surface area contributed by atoms with Crippen LogP contribution in [-0.4, -0.2) is 130 Å². The van der Waals surface area contributed by atoms with E-state index in [1.807, 2.05) is 6.07 Å². The lowest BCUT2D eigenvalue weighted by molar-refractivity contribution is -0.142. The molecular formula is C45H66N18O8. The Hall–Kier alpha value is -8.42. The molecule has 0 aliphatic carbocycles. The van der Waals surface area contributed by atoms with Gasteiger partial charge in [0.1, 0.15) is 30.2 Å². The van der Waals surface area contributed by atoms with Gasteiger partial charge < -0.3 is 87.5 Å². The Morgan fingerprint density at radius 1 is 0.493 bits per heavy atom. The summed E-state index contributed by atoms with van der Waals surface area (Å²) in [6.45, 7) is 0.394. The summed E-state index contributed by atoms with van der Waals surface area (Å²) in [5.41, 5.74) is 46.9. The Balaban J connectivity index is 1.66. The number of aromatic nitrogens is 2. The fourth-order valence-electron chi connectivity index (χ4n) is 7.57. The number of benzene rings is 2. The van der Waals surface area contributed by atoms with E-state index in [1.165, 1.54) is 0 Å². The van der Waals surface area contributed by atoms with Gasteiger partial charge in [-0.3, -0.25) is 43.7 Å². The molecule has 26 heteroatoms. The van der Waals surface area contributed by atoms with Gasteiger partial charge in [-0.2, -0.15) is 0 Å².